The van der Waals surface area contributed by atoms with Crippen molar-refractivity contribution in [1.29, 1.82) is 0 Å². The standard InChI is InChI=1S/C78H152O17P2/c1-7-10-12-14-16-17-18-19-20-21-22-26-32-37-43-49-55-61-76(81)89-67-74(95-78(83)62-56-50-44-38-33-27-24-23-25-31-36-42-47-53-59-71(6)9-3)69-93-97(86,87)91-65-72(79)64-90-96(84,85)92-68-73(66-88-75(80)60-54-48-40-15-13-11-8-2)94-77(82)63-57-51-45-39-34-29-28-30-35-41-46-52-58-70(4)5/h70-74,79H,7-69H2,1-6H3,(H,84,85)(H,86,87)/t71?,72-,73+,74+/m0/s1. The van der Waals surface area contributed by atoms with Crippen molar-refractivity contribution < 1.29 is 80.2 Å². The Morgan fingerprint density at radius 3 is 0.784 bits per heavy atom. The molecule has 0 radical (unpaired) electrons. The number of carbonyl (C=O) groups is 4. The molecule has 6 atom stereocenters. The highest BCUT2D eigenvalue weighted by Gasteiger charge is 2.30. The third-order valence-corrected chi connectivity index (χ3v) is 20.5. The summed E-state index contributed by atoms with van der Waals surface area (Å²) in [7, 11) is -9.91. The second-order valence-electron chi connectivity index (χ2n) is 28.8. The van der Waals surface area contributed by atoms with E-state index in [-0.39, 0.29) is 25.7 Å². The van der Waals surface area contributed by atoms with Gasteiger partial charge in [-0.1, -0.05) is 356 Å². The number of rotatable bonds is 77. The van der Waals surface area contributed by atoms with E-state index in [0.717, 1.165) is 115 Å². The van der Waals surface area contributed by atoms with Crippen molar-refractivity contribution in [2.75, 3.05) is 39.6 Å². The first-order valence-corrected chi connectivity index (χ1v) is 43.5. The number of hydrogen-bond acceptors (Lipinski definition) is 15. The Morgan fingerprint density at radius 2 is 0.526 bits per heavy atom. The molecule has 0 saturated carbocycles. The predicted octanol–water partition coefficient (Wildman–Crippen LogP) is 23.1. The highest BCUT2D eigenvalue weighted by Crippen LogP contribution is 2.45. The first-order chi connectivity index (χ1) is 46.9. The molecule has 3 N–H and O–H groups in total. The Kier molecular flexibility index (Phi) is 68.4. The van der Waals surface area contributed by atoms with Gasteiger partial charge in [-0.2, -0.15) is 0 Å². The number of phosphoric ester groups is 2. The zero-order valence-corrected chi connectivity index (χ0v) is 65.2. The molecule has 0 aliphatic rings. The fraction of sp³-hybridized carbons (Fsp3) is 0.949. The van der Waals surface area contributed by atoms with E-state index in [1.165, 1.54) is 212 Å². The first-order valence-electron chi connectivity index (χ1n) is 40.5. The lowest BCUT2D eigenvalue weighted by Gasteiger charge is -2.21. The summed E-state index contributed by atoms with van der Waals surface area (Å²) in [4.78, 5) is 72.8. The molecule has 97 heavy (non-hydrogen) atoms. The van der Waals surface area contributed by atoms with Crippen LogP contribution < -0.4 is 0 Å². The van der Waals surface area contributed by atoms with Crippen molar-refractivity contribution in [3.05, 3.63) is 0 Å². The molecule has 3 unspecified atom stereocenters. The van der Waals surface area contributed by atoms with Crippen LogP contribution in [0.2, 0.25) is 0 Å². The topological polar surface area (TPSA) is 237 Å². The lowest BCUT2D eigenvalue weighted by Crippen LogP contribution is -2.30. The van der Waals surface area contributed by atoms with Crippen LogP contribution in [0.25, 0.3) is 0 Å². The number of phosphoric acid groups is 2. The van der Waals surface area contributed by atoms with Gasteiger partial charge in [-0.15, -0.1) is 0 Å². The third kappa shape index (κ3) is 70.9. The molecular weight excluding hydrogens is 1270 g/mol. The van der Waals surface area contributed by atoms with Crippen molar-refractivity contribution in [3.8, 4) is 0 Å². The van der Waals surface area contributed by atoms with Crippen LogP contribution in [0.5, 0.6) is 0 Å². The van der Waals surface area contributed by atoms with Gasteiger partial charge in [0.15, 0.2) is 12.2 Å². The van der Waals surface area contributed by atoms with E-state index in [4.69, 9.17) is 37.0 Å². The van der Waals surface area contributed by atoms with Gasteiger partial charge in [-0.3, -0.25) is 37.3 Å². The average Bonchev–Trinajstić information content (AvgIpc) is 1.47. The molecule has 576 valence electrons. The normalized spacial score (nSPS) is 14.2. The molecule has 0 aliphatic carbocycles. The van der Waals surface area contributed by atoms with Crippen LogP contribution >= 0.6 is 15.6 Å². The molecule has 0 fully saturated rings. The maximum absolute atomic E-state index is 13.1. The Labute approximate surface area is 594 Å². The van der Waals surface area contributed by atoms with Crippen LogP contribution in [0.1, 0.15) is 408 Å². The summed E-state index contributed by atoms with van der Waals surface area (Å²) in [5, 5.41) is 10.6. The van der Waals surface area contributed by atoms with E-state index in [1.807, 2.05) is 0 Å². The van der Waals surface area contributed by atoms with Crippen LogP contribution in [0.3, 0.4) is 0 Å². The highest BCUT2D eigenvalue weighted by molar-refractivity contribution is 7.47. The molecule has 0 aromatic carbocycles. The number of aliphatic hydroxyl groups excluding tert-OH is 1. The number of unbranched alkanes of at least 4 members (excludes halogenated alkanes) is 46. The van der Waals surface area contributed by atoms with E-state index in [0.29, 0.717) is 25.7 Å². The Hall–Kier alpha value is -1.94. The number of esters is 4. The molecule has 0 spiro atoms. The smallest absolute Gasteiger partial charge is 0.462 e. The summed E-state index contributed by atoms with van der Waals surface area (Å²) in [6.07, 6.45) is 58.3. The van der Waals surface area contributed by atoms with Gasteiger partial charge in [0.1, 0.15) is 19.3 Å². The molecule has 19 heteroatoms. The quantitative estimate of drug-likeness (QED) is 0.0222. The van der Waals surface area contributed by atoms with Crippen molar-refractivity contribution >= 4 is 39.5 Å². The Bertz CT molecular complexity index is 1870. The zero-order valence-electron chi connectivity index (χ0n) is 63.4. The summed E-state index contributed by atoms with van der Waals surface area (Å²) in [6, 6.07) is 0. The largest absolute Gasteiger partial charge is 0.472 e. The molecule has 0 bridgehead atoms. The lowest BCUT2D eigenvalue weighted by atomic mass is 9.99. The van der Waals surface area contributed by atoms with Gasteiger partial charge in [0, 0.05) is 25.7 Å². The van der Waals surface area contributed by atoms with Crippen molar-refractivity contribution in [2.45, 2.75) is 426 Å². The minimum absolute atomic E-state index is 0.107. The second kappa shape index (κ2) is 69.8. The second-order valence-corrected chi connectivity index (χ2v) is 31.7. The monoisotopic (exact) mass is 1420 g/mol. The van der Waals surface area contributed by atoms with Crippen molar-refractivity contribution in [1.82, 2.24) is 0 Å². The summed E-state index contributed by atoms with van der Waals surface area (Å²) in [5.41, 5.74) is 0. The van der Waals surface area contributed by atoms with Gasteiger partial charge in [0.25, 0.3) is 0 Å². The van der Waals surface area contributed by atoms with Crippen LogP contribution in [-0.2, 0) is 65.4 Å². The average molecular weight is 1420 g/mol. The minimum atomic E-state index is -4.96. The molecule has 0 aliphatic heterocycles. The van der Waals surface area contributed by atoms with Crippen molar-refractivity contribution in [3.63, 3.8) is 0 Å². The van der Waals surface area contributed by atoms with Gasteiger partial charge in [-0.25, -0.2) is 9.13 Å². The molecule has 0 heterocycles. The molecule has 0 saturated heterocycles. The van der Waals surface area contributed by atoms with E-state index < -0.39 is 97.5 Å². The third-order valence-electron chi connectivity index (χ3n) is 18.6. The van der Waals surface area contributed by atoms with Gasteiger partial charge >= 0.3 is 39.5 Å². The van der Waals surface area contributed by atoms with Gasteiger partial charge in [-0.05, 0) is 37.5 Å². The molecule has 0 aromatic heterocycles. The molecule has 0 aromatic rings. The van der Waals surface area contributed by atoms with Gasteiger partial charge in [0.05, 0.1) is 26.4 Å². The van der Waals surface area contributed by atoms with Gasteiger partial charge < -0.3 is 33.8 Å². The predicted molar refractivity (Wildman–Crippen MR) is 395 cm³/mol. The van der Waals surface area contributed by atoms with Crippen LogP contribution in [0, 0.1) is 11.8 Å². The number of carbonyl (C=O) groups excluding carboxylic acids is 4. The molecule has 17 nitrogen and oxygen atoms in total. The van der Waals surface area contributed by atoms with E-state index in [9.17, 15) is 43.2 Å². The van der Waals surface area contributed by atoms with Crippen LogP contribution in [0.15, 0.2) is 0 Å². The molecule has 0 amide bonds. The fourth-order valence-electron chi connectivity index (χ4n) is 12.0. The fourth-order valence-corrected chi connectivity index (χ4v) is 13.6. The number of aliphatic hydroxyl groups is 1. The summed E-state index contributed by atoms with van der Waals surface area (Å²) < 4.78 is 68.5. The van der Waals surface area contributed by atoms with E-state index in [1.54, 1.807) is 0 Å². The number of ether oxygens (including phenoxy) is 4. The lowest BCUT2D eigenvalue weighted by molar-refractivity contribution is -0.161. The maximum atomic E-state index is 13.1. The maximum Gasteiger partial charge on any atom is 0.472 e. The van der Waals surface area contributed by atoms with Crippen LogP contribution in [0.4, 0.5) is 0 Å². The Balaban J connectivity index is 5.19. The molecule has 0 rings (SSSR count). The van der Waals surface area contributed by atoms with Crippen LogP contribution in [-0.4, -0.2) is 96.7 Å². The minimum Gasteiger partial charge on any atom is -0.462 e. The Morgan fingerprint density at radius 1 is 0.299 bits per heavy atom. The molecular formula is C78H152O17P2. The summed E-state index contributed by atoms with van der Waals surface area (Å²) in [5.74, 6) is -0.493. The van der Waals surface area contributed by atoms with Crippen molar-refractivity contribution in [2.24, 2.45) is 11.8 Å². The summed E-state index contributed by atoms with van der Waals surface area (Å²) in [6.45, 7) is 9.64. The SMILES string of the molecule is CCCCCCCCCCCCCCCCCCCC(=O)OC[C@H](COP(=O)(O)OC[C@@H](O)COP(=O)(O)OC[C@@H](COC(=O)CCCCCCCCC)OC(=O)CCCCCCCCCCCCCCC(C)C)OC(=O)CCCCCCCCCCCCCCCCC(C)CC. The van der Waals surface area contributed by atoms with E-state index in [2.05, 4.69) is 41.5 Å². The first kappa shape index (κ1) is 95.1. The highest BCUT2D eigenvalue weighted by atomic mass is 31.2. The van der Waals surface area contributed by atoms with E-state index >= 15 is 0 Å². The van der Waals surface area contributed by atoms with Gasteiger partial charge in [0.2, 0.25) is 0 Å². The zero-order chi connectivity index (χ0) is 71.4. The number of hydrogen-bond donors (Lipinski definition) is 3. The summed E-state index contributed by atoms with van der Waals surface area (Å²) >= 11 is 0.